The van der Waals surface area contributed by atoms with Crippen LogP contribution in [-0.2, 0) is 20.9 Å². The van der Waals surface area contributed by atoms with Gasteiger partial charge in [-0.15, -0.1) is 0 Å². The number of para-hydroxylation sites is 1. The minimum Gasteiger partial charge on any atom is -0.337 e. The number of carbonyl (C=O) groups excluding carboxylic acids is 3. The van der Waals surface area contributed by atoms with Crippen LogP contribution in [-0.4, -0.2) is 38.8 Å². The van der Waals surface area contributed by atoms with Crippen LogP contribution in [0.3, 0.4) is 0 Å². The number of halogens is 1. The zero-order valence-electron chi connectivity index (χ0n) is 21.3. The number of fused-ring (bicyclic) bond motifs is 1. The number of hydrogen-bond donors (Lipinski definition) is 1. The topological polar surface area (TPSA) is 74.6 Å². The van der Waals surface area contributed by atoms with Crippen LogP contribution in [0.4, 0.5) is 11.4 Å². The predicted octanol–water partition coefficient (Wildman–Crippen LogP) is 5.81. The Bertz CT molecular complexity index is 1660. The van der Waals surface area contributed by atoms with E-state index in [1.165, 1.54) is 9.80 Å². The Labute approximate surface area is 236 Å². The summed E-state index contributed by atoms with van der Waals surface area (Å²) in [5.41, 5.74) is 3.70. The van der Waals surface area contributed by atoms with Crippen LogP contribution in [0.15, 0.2) is 84.6 Å². The standard InChI is InChI=1S/C30H25ClN4O3S/c1-3-34-28(37)25(29(38)35(30(34)39)23-13-11-21(31)12-14-23)16-20-17-33(26-10-5-4-9-24(20)26)18-27(36)32-22-8-6-7-19(2)15-22/h4-17H,3,18H2,1-2H3,(H,32,36)/b25-16+. The van der Waals surface area contributed by atoms with E-state index < -0.39 is 11.8 Å². The number of amides is 3. The molecule has 0 bridgehead atoms. The summed E-state index contributed by atoms with van der Waals surface area (Å²) in [6, 6.07) is 21.8. The van der Waals surface area contributed by atoms with Crippen molar-refractivity contribution < 1.29 is 14.4 Å². The minimum atomic E-state index is -0.522. The summed E-state index contributed by atoms with van der Waals surface area (Å²) in [5, 5.41) is 4.37. The second-order valence-electron chi connectivity index (χ2n) is 9.15. The first-order valence-electron chi connectivity index (χ1n) is 12.4. The first-order chi connectivity index (χ1) is 18.8. The Morgan fingerprint density at radius 1 is 1.00 bits per heavy atom. The molecule has 4 aromatic rings. The third-order valence-corrected chi connectivity index (χ3v) is 7.12. The van der Waals surface area contributed by atoms with E-state index in [0.717, 1.165) is 22.2 Å². The molecule has 3 amide bonds. The van der Waals surface area contributed by atoms with Crippen LogP contribution < -0.4 is 10.2 Å². The van der Waals surface area contributed by atoms with Crippen LogP contribution in [0, 0.1) is 6.92 Å². The van der Waals surface area contributed by atoms with Gasteiger partial charge >= 0.3 is 0 Å². The summed E-state index contributed by atoms with van der Waals surface area (Å²) in [5.74, 6) is -1.18. The third kappa shape index (κ3) is 5.21. The average Bonchev–Trinajstić information content (AvgIpc) is 3.25. The molecule has 0 spiro atoms. The van der Waals surface area contributed by atoms with Crippen LogP contribution in [0.2, 0.25) is 5.02 Å². The van der Waals surface area contributed by atoms with Crippen molar-refractivity contribution in [3.05, 3.63) is 101 Å². The molecule has 0 unspecified atom stereocenters. The van der Waals surface area contributed by atoms with Gasteiger partial charge in [-0.05, 0) is 80.2 Å². The second-order valence-corrected chi connectivity index (χ2v) is 9.96. The highest BCUT2D eigenvalue weighted by molar-refractivity contribution is 7.80. The molecule has 0 radical (unpaired) electrons. The Morgan fingerprint density at radius 2 is 1.74 bits per heavy atom. The number of anilines is 2. The van der Waals surface area contributed by atoms with E-state index in [9.17, 15) is 14.4 Å². The molecule has 0 aliphatic carbocycles. The number of nitrogens with zero attached hydrogens (tertiary/aromatic N) is 3. The van der Waals surface area contributed by atoms with E-state index in [-0.39, 0.29) is 23.1 Å². The second kappa shape index (κ2) is 10.8. The quantitative estimate of drug-likeness (QED) is 0.185. The van der Waals surface area contributed by atoms with Gasteiger partial charge in [-0.3, -0.25) is 24.2 Å². The van der Waals surface area contributed by atoms with E-state index in [4.69, 9.17) is 23.8 Å². The van der Waals surface area contributed by atoms with Gasteiger partial charge in [0, 0.05) is 39.9 Å². The average molecular weight is 557 g/mol. The highest BCUT2D eigenvalue weighted by Crippen LogP contribution is 2.29. The normalized spacial score (nSPS) is 14.9. The molecule has 1 N–H and O–H groups in total. The molecule has 1 aliphatic heterocycles. The molecule has 196 valence electrons. The molecular formula is C30H25ClN4O3S. The van der Waals surface area contributed by atoms with E-state index >= 15 is 0 Å². The van der Waals surface area contributed by atoms with Crippen molar-refractivity contribution in [1.29, 1.82) is 0 Å². The maximum Gasteiger partial charge on any atom is 0.270 e. The molecule has 0 atom stereocenters. The number of hydrogen-bond acceptors (Lipinski definition) is 4. The molecule has 2 heterocycles. The number of thiocarbonyl (C=S) groups is 1. The number of rotatable bonds is 6. The van der Waals surface area contributed by atoms with E-state index in [1.54, 1.807) is 43.5 Å². The predicted molar refractivity (Wildman–Crippen MR) is 159 cm³/mol. The van der Waals surface area contributed by atoms with Crippen molar-refractivity contribution in [2.75, 3.05) is 16.8 Å². The molecule has 9 heteroatoms. The molecule has 0 saturated carbocycles. The van der Waals surface area contributed by atoms with Crippen molar-refractivity contribution in [2.24, 2.45) is 0 Å². The van der Waals surface area contributed by atoms with Gasteiger partial charge in [-0.25, -0.2) is 0 Å². The van der Waals surface area contributed by atoms with Gasteiger partial charge in [0.1, 0.15) is 12.1 Å². The minimum absolute atomic E-state index is 0.0208. The lowest BCUT2D eigenvalue weighted by Crippen LogP contribution is -2.56. The van der Waals surface area contributed by atoms with Gasteiger partial charge in [-0.2, -0.15) is 0 Å². The van der Waals surface area contributed by atoms with Crippen molar-refractivity contribution in [3.8, 4) is 0 Å². The number of carbonyl (C=O) groups is 3. The molecule has 5 rings (SSSR count). The highest BCUT2D eigenvalue weighted by atomic mass is 35.5. The van der Waals surface area contributed by atoms with Crippen molar-refractivity contribution in [3.63, 3.8) is 0 Å². The zero-order valence-corrected chi connectivity index (χ0v) is 22.9. The molecule has 39 heavy (non-hydrogen) atoms. The lowest BCUT2D eigenvalue weighted by molar-refractivity contribution is -0.127. The lowest BCUT2D eigenvalue weighted by atomic mass is 10.1. The first-order valence-corrected chi connectivity index (χ1v) is 13.2. The van der Waals surface area contributed by atoms with Crippen LogP contribution in [0.5, 0.6) is 0 Å². The fourth-order valence-corrected chi connectivity index (χ4v) is 5.15. The maximum atomic E-state index is 13.7. The number of nitrogens with one attached hydrogen (secondary N) is 1. The molecule has 1 fully saturated rings. The summed E-state index contributed by atoms with van der Waals surface area (Å²) in [7, 11) is 0. The molecule has 1 aliphatic rings. The SMILES string of the molecule is CCN1C(=O)/C(=C\c2cn(CC(=O)Nc3cccc(C)c3)c3ccccc23)C(=O)N(c2ccc(Cl)cc2)C1=S. The molecule has 3 aromatic carbocycles. The van der Waals surface area contributed by atoms with Gasteiger partial charge in [-0.1, -0.05) is 41.9 Å². The molecular weight excluding hydrogens is 532 g/mol. The Hall–Kier alpha value is -4.27. The smallest absolute Gasteiger partial charge is 0.270 e. The summed E-state index contributed by atoms with van der Waals surface area (Å²) in [6.45, 7) is 4.12. The monoisotopic (exact) mass is 556 g/mol. The number of aromatic nitrogens is 1. The van der Waals surface area contributed by atoms with Gasteiger partial charge < -0.3 is 9.88 Å². The largest absolute Gasteiger partial charge is 0.337 e. The van der Waals surface area contributed by atoms with Crippen LogP contribution in [0.25, 0.3) is 17.0 Å². The summed E-state index contributed by atoms with van der Waals surface area (Å²) < 4.78 is 1.81. The number of aryl methyl sites for hydroxylation is 1. The summed E-state index contributed by atoms with van der Waals surface area (Å²) in [6.07, 6.45) is 3.36. The molecule has 1 saturated heterocycles. The maximum absolute atomic E-state index is 13.7. The number of benzene rings is 3. The molecule has 1 aromatic heterocycles. The van der Waals surface area contributed by atoms with Gasteiger partial charge in [0.05, 0.1) is 5.69 Å². The van der Waals surface area contributed by atoms with Crippen molar-refractivity contribution in [1.82, 2.24) is 9.47 Å². The fourth-order valence-electron chi connectivity index (χ4n) is 4.63. The van der Waals surface area contributed by atoms with Crippen molar-refractivity contribution in [2.45, 2.75) is 20.4 Å². The van der Waals surface area contributed by atoms with E-state index in [2.05, 4.69) is 5.32 Å². The van der Waals surface area contributed by atoms with E-state index in [1.807, 2.05) is 60.0 Å². The van der Waals surface area contributed by atoms with Crippen LogP contribution in [0.1, 0.15) is 18.1 Å². The highest BCUT2D eigenvalue weighted by Gasteiger charge is 2.39. The lowest BCUT2D eigenvalue weighted by Gasteiger charge is -2.36. The van der Waals surface area contributed by atoms with Gasteiger partial charge in [0.15, 0.2) is 5.11 Å². The summed E-state index contributed by atoms with van der Waals surface area (Å²) in [4.78, 5) is 42.7. The Balaban J connectivity index is 1.52. The van der Waals surface area contributed by atoms with Crippen LogP contribution >= 0.6 is 23.8 Å². The number of likely N-dealkylation sites (N-methyl/N-ethyl adjacent to an activating group) is 1. The fraction of sp³-hybridized carbons (Fsp3) is 0.133. The molecule has 7 nitrogen and oxygen atoms in total. The van der Waals surface area contributed by atoms with Crippen molar-refractivity contribution >= 4 is 75.0 Å². The Morgan fingerprint density at radius 3 is 2.46 bits per heavy atom. The first kappa shape index (κ1) is 26.3. The third-order valence-electron chi connectivity index (χ3n) is 6.47. The van der Waals surface area contributed by atoms with Gasteiger partial charge in [0.25, 0.3) is 11.8 Å². The Kier molecular flexibility index (Phi) is 7.32. The zero-order chi connectivity index (χ0) is 27.7. The van der Waals surface area contributed by atoms with Gasteiger partial charge in [0.2, 0.25) is 5.91 Å². The van der Waals surface area contributed by atoms with E-state index in [0.29, 0.717) is 22.8 Å². The summed E-state index contributed by atoms with van der Waals surface area (Å²) >= 11 is 11.6.